The Morgan fingerprint density at radius 3 is 2.68 bits per heavy atom. The van der Waals surface area contributed by atoms with E-state index < -0.39 is 6.36 Å². The number of halogens is 3. The molecule has 12 heteroatoms. The molecule has 0 aliphatic rings. The fraction of sp³-hybridized carbons (Fsp3) is 0.438. The minimum absolute atomic E-state index is 0.208. The number of alkyl halides is 3. The molecule has 1 aromatic carbocycles. The van der Waals surface area contributed by atoms with Crippen LogP contribution in [0.4, 0.5) is 13.2 Å². The molecule has 2 heterocycles. The minimum Gasteiger partial charge on any atom is -0.406 e. The van der Waals surface area contributed by atoms with Crippen molar-refractivity contribution in [3.8, 4) is 11.4 Å². The van der Waals surface area contributed by atoms with E-state index in [9.17, 15) is 13.2 Å². The lowest BCUT2D eigenvalue weighted by molar-refractivity contribution is -0.274. The van der Waals surface area contributed by atoms with Crippen LogP contribution in [0.3, 0.4) is 0 Å². The number of benzene rings is 1. The molecule has 0 saturated carbocycles. The van der Waals surface area contributed by atoms with Gasteiger partial charge in [-0.1, -0.05) is 30.3 Å². The van der Waals surface area contributed by atoms with Gasteiger partial charge in [0.1, 0.15) is 5.75 Å². The van der Waals surface area contributed by atoms with Crippen LogP contribution < -0.4 is 4.74 Å². The second-order valence-electron chi connectivity index (χ2n) is 5.83. The van der Waals surface area contributed by atoms with Gasteiger partial charge in [0, 0.05) is 6.42 Å². The molecule has 1 unspecified atom stereocenters. The van der Waals surface area contributed by atoms with E-state index in [1.807, 2.05) is 6.92 Å². The number of tetrazole rings is 1. The topological polar surface area (TPSA) is 91.8 Å². The van der Waals surface area contributed by atoms with E-state index in [2.05, 4.69) is 37.3 Å². The highest BCUT2D eigenvalue weighted by atomic mass is 32.2. The number of hydrogen-bond acceptors (Lipinski definition) is 8. The van der Waals surface area contributed by atoms with Gasteiger partial charge in [0.15, 0.2) is 5.82 Å². The molecule has 1 atom stereocenters. The van der Waals surface area contributed by atoms with Crippen LogP contribution in [0.25, 0.3) is 5.69 Å². The van der Waals surface area contributed by atoms with Crippen molar-refractivity contribution in [3.63, 3.8) is 0 Å². The summed E-state index contributed by atoms with van der Waals surface area (Å²) in [7, 11) is 0. The SMILES string of the molecule is CCCCc1noc(C(C)Sc2nnnn2-c2ccc(OC(F)(F)F)cc2)n1. The maximum absolute atomic E-state index is 12.3. The first kappa shape index (κ1) is 20.1. The van der Waals surface area contributed by atoms with Gasteiger partial charge in [-0.05, 0) is 48.0 Å². The molecule has 0 radical (unpaired) electrons. The van der Waals surface area contributed by atoms with E-state index in [0.29, 0.717) is 22.6 Å². The van der Waals surface area contributed by atoms with Gasteiger partial charge in [-0.2, -0.15) is 9.67 Å². The maximum atomic E-state index is 12.3. The molecule has 0 bridgehead atoms. The lowest BCUT2D eigenvalue weighted by atomic mass is 10.2. The second kappa shape index (κ2) is 8.59. The number of rotatable bonds is 8. The normalized spacial score (nSPS) is 12.9. The fourth-order valence-corrected chi connectivity index (χ4v) is 3.12. The van der Waals surface area contributed by atoms with Gasteiger partial charge in [-0.25, -0.2) is 0 Å². The molecule has 0 amide bonds. The van der Waals surface area contributed by atoms with Crippen molar-refractivity contribution in [1.82, 2.24) is 30.3 Å². The lowest BCUT2D eigenvalue weighted by Crippen LogP contribution is -2.17. The van der Waals surface area contributed by atoms with E-state index in [0.717, 1.165) is 19.3 Å². The molecule has 0 fully saturated rings. The van der Waals surface area contributed by atoms with Gasteiger partial charge in [0.2, 0.25) is 11.0 Å². The van der Waals surface area contributed by atoms with Crippen LogP contribution in [0.2, 0.25) is 0 Å². The Bertz CT molecular complexity index is 896. The monoisotopic (exact) mass is 414 g/mol. The molecular weight excluding hydrogens is 397 g/mol. The summed E-state index contributed by atoms with van der Waals surface area (Å²) in [5, 5.41) is 15.7. The molecule has 0 aliphatic heterocycles. The largest absolute Gasteiger partial charge is 0.573 e. The van der Waals surface area contributed by atoms with Crippen LogP contribution in [0.5, 0.6) is 5.75 Å². The van der Waals surface area contributed by atoms with Gasteiger partial charge in [-0.15, -0.1) is 18.3 Å². The number of aryl methyl sites for hydroxylation is 1. The van der Waals surface area contributed by atoms with E-state index in [4.69, 9.17) is 4.52 Å². The summed E-state index contributed by atoms with van der Waals surface area (Å²) in [6.45, 7) is 3.96. The standard InChI is InChI=1S/C16H17F3N6O2S/c1-3-4-5-13-20-14(27-22-13)10(2)28-15-21-23-24-25(15)11-6-8-12(9-7-11)26-16(17,18)19/h6-10H,3-5H2,1-2H3. The Kier molecular flexibility index (Phi) is 6.17. The van der Waals surface area contributed by atoms with Gasteiger partial charge in [0.05, 0.1) is 10.9 Å². The quantitative estimate of drug-likeness (QED) is 0.508. The zero-order valence-corrected chi connectivity index (χ0v) is 15.9. The van der Waals surface area contributed by atoms with Crippen molar-refractivity contribution in [2.45, 2.75) is 49.9 Å². The number of thioether (sulfide) groups is 1. The second-order valence-corrected chi connectivity index (χ2v) is 7.14. The Morgan fingerprint density at radius 1 is 1.25 bits per heavy atom. The Labute approximate surface area is 162 Å². The first-order valence-electron chi connectivity index (χ1n) is 8.49. The van der Waals surface area contributed by atoms with Crippen molar-refractivity contribution in [2.75, 3.05) is 0 Å². The van der Waals surface area contributed by atoms with Crippen molar-refractivity contribution in [1.29, 1.82) is 0 Å². The van der Waals surface area contributed by atoms with Gasteiger partial charge in [0.25, 0.3) is 0 Å². The van der Waals surface area contributed by atoms with Crippen LogP contribution in [-0.4, -0.2) is 36.7 Å². The zero-order valence-electron chi connectivity index (χ0n) is 15.0. The van der Waals surface area contributed by atoms with E-state index in [-0.39, 0.29) is 11.0 Å². The molecular formula is C16H17F3N6O2S. The van der Waals surface area contributed by atoms with Crippen LogP contribution in [0.1, 0.15) is 43.7 Å². The van der Waals surface area contributed by atoms with Crippen molar-refractivity contribution in [2.24, 2.45) is 0 Å². The van der Waals surface area contributed by atoms with Crippen LogP contribution >= 0.6 is 11.8 Å². The molecule has 0 aliphatic carbocycles. The van der Waals surface area contributed by atoms with Crippen molar-refractivity contribution >= 4 is 11.8 Å². The highest BCUT2D eigenvalue weighted by molar-refractivity contribution is 7.99. The lowest BCUT2D eigenvalue weighted by Gasteiger charge is -2.10. The van der Waals surface area contributed by atoms with Gasteiger partial charge >= 0.3 is 6.36 Å². The van der Waals surface area contributed by atoms with Gasteiger partial charge in [-0.3, -0.25) is 0 Å². The highest BCUT2D eigenvalue weighted by Gasteiger charge is 2.31. The third-order valence-electron chi connectivity index (χ3n) is 3.62. The predicted octanol–water partition coefficient (Wildman–Crippen LogP) is 4.14. The molecule has 3 aromatic rings. The van der Waals surface area contributed by atoms with Crippen LogP contribution in [-0.2, 0) is 6.42 Å². The van der Waals surface area contributed by atoms with E-state index in [1.54, 1.807) is 0 Å². The summed E-state index contributed by atoms with van der Waals surface area (Å²) in [5.41, 5.74) is 0.489. The van der Waals surface area contributed by atoms with E-state index >= 15 is 0 Å². The van der Waals surface area contributed by atoms with Gasteiger partial charge < -0.3 is 9.26 Å². The molecule has 3 rings (SSSR count). The number of unbranched alkanes of at least 4 members (excludes halogenated alkanes) is 1. The van der Waals surface area contributed by atoms with Crippen LogP contribution in [0, 0.1) is 0 Å². The first-order valence-corrected chi connectivity index (χ1v) is 9.37. The third-order valence-corrected chi connectivity index (χ3v) is 4.64. The zero-order chi connectivity index (χ0) is 20.1. The number of hydrogen-bond donors (Lipinski definition) is 0. The molecule has 0 spiro atoms. The molecule has 8 nitrogen and oxygen atoms in total. The predicted molar refractivity (Wildman–Crippen MR) is 93.0 cm³/mol. The number of nitrogens with zero attached hydrogens (tertiary/aromatic N) is 6. The summed E-state index contributed by atoms with van der Waals surface area (Å²) in [6, 6.07) is 5.25. The maximum Gasteiger partial charge on any atom is 0.573 e. The fourth-order valence-electron chi connectivity index (χ4n) is 2.28. The number of ether oxygens (including phenoxy) is 1. The summed E-state index contributed by atoms with van der Waals surface area (Å²) in [4.78, 5) is 4.38. The Balaban J connectivity index is 1.70. The van der Waals surface area contributed by atoms with Crippen molar-refractivity contribution in [3.05, 3.63) is 36.0 Å². The molecule has 28 heavy (non-hydrogen) atoms. The first-order chi connectivity index (χ1) is 13.4. The average molecular weight is 414 g/mol. The summed E-state index contributed by atoms with van der Waals surface area (Å²) >= 11 is 1.30. The molecule has 0 saturated heterocycles. The van der Waals surface area contributed by atoms with Crippen LogP contribution in [0.15, 0.2) is 33.9 Å². The Hall–Kier alpha value is -2.63. The minimum atomic E-state index is -4.74. The number of aromatic nitrogens is 6. The highest BCUT2D eigenvalue weighted by Crippen LogP contribution is 2.33. The smallest absolute Gasteiger partial charge is 0.406 e. The Morgan fingerprint density at radius 2 is 2.00 bits per heavy atom. The molecule has 150 valence electrons. The average Bonchev–Trinajstić information content (AvgIpc) is 3.29. The third kappa shape index (κ3) is 5.21. The summed E-state index contributed by atoms with van der Waals surface area (Å²) in [5.74, 6) is 0.793. The summed E-state index contributed by atoms with van der Waals surface area (Å²) < 4.78 is 47.4. The van der Waals surface area contributed by atoms with Crippen molar-refractivity contribution < 1.29 is 22.4 Å². The molecule has 2 aromatic heterocycles. The summed E-state index contributed by atoms with van der Waals surface area (Å²) in [6.07, 6.45) is -1.98. The molecule has 0 N–H and O–H groups in total. The van der Waals surface area contributed by atoms with E-state index in [1.165, 1.54) is 40.7 Å².